The van der Waals surface area contributed by atoms with Gasteiger partial charge < -0.3 is 29.4 Å². The van der Waals surface area contributed by atoms with Crippen LogP contribution in [0.3, 0.4) is 0 Å². The smallest absolute Gasteiger partial charge is 0.408 e. The summed E-state index contributed by atoms with van der Waals surface area (Å²) in [6.07, 6.45) is 2.28. The predicted octanol–water partition coefficient (Wildman–Crippen LogP) is 7.69. The van der Waals surface area contributed by atoms with Crippen molar-refractivity contribution in [1.29, 1.82) is 0 Å². The highest BCUT2D eigenvalue weighted by atomic mass is 32.1. The van der Waals surface area contributed by atoms with Gasteiger partial charge in [0.2, 0.25) is 5.89 Å². The van der Waals surface area contributed by atoms with E-state index < -0.39 is 17.7 Å². The molecule has 12 nitrogen and oxygen atoms in total. The number of benzene rings is 2. The summed E-state index contributed by atoms with van der Waals surface area (Å²) in [5.41, 5.74) is 3.13. The van der Waals surface area contributed by atoms with E-state index in [4.69, 9.17) is 18.9 Å². The van der Waals surface area contributed by atoms with E-state index in [2.05, 4.69) is 25.8 Å². The summed E-state index contributed by atoms with van der Waals surface area (Å²) in [4.78, 5) is 38.4. The molecule has 1 fully saturated rings. The maximum atomic E-state index is 14.2. The lowest BCUT2D eigenvalue weighted by Gasteiger charge is -2.23. The molecule has 4 heterocycles. The molecule has 1 aliphatic heterocycles. The first-order chi connectivity index (χ1) is 24.5. The predicted molar refractivity (Wildman–Crippen MR) is 195 cm³/mol. The summed E-state index contributed by atoms with van der Waals surface area (Å²) in [6.45, 7) is 8.45. The van der Waals surface area contributed by atoms with Crippen molar-refractivity contribution in [1.82, 2.24) is 30.4 Å². The van der Waals surface area contributed by atoms with E-state index in [0.29, 0.717) is 43.0 Å². The van der Waals surface area contributed by atoms with E-state index in [1.165, 1.54) is 0 Å². The molecule has 5 aromatic rings. The minimum absolute atomic E-state index is 0.0946. The van der Waals surface area contributed by atoms with Crippen molar-refractivity contribution in [2.45, 2.75) is 77.6 Å². The quantitative estimate of drug-likeness (QED) is 0.132. The van der Waals surface area contributed by atoms with Crippen molar-refractivity contribution in [3.8, 4) is 17.3 Å². The topological polar surface area (TPSA) is 145 Å². The highest BCUT2D eigenvalue weighted by Crippen LogP contribution is 2.35. The van der Waals surface area contributed by atoms with Gasteiger partial charge in [-0.05, 0) is 88.8 Å². The Bertz CT molecular complexity index is 1940. The second-order valence-corrected chi connectivity index (χ2v) is 14.4. The third-order valence-corrected chi connectivity index (χ3v) is 9.42. The van der Waals surface area contributed by atoms with Gasteiger partial charge in [0.25, 0.3) is 11.8 Å². The Morgan fingerprint density at radius 2 is 1.82 bits per heavy atom. The lowest BCUT2D eigenvalue weighted by atomic mass is 10.1. The third-order valence-electron chi connectivity index (χ3n) is 8.35. The van der Waals surface area contributed by atoms with Crippen LogP contribution in [0.25, 0.3) is 11.6 Å². The number of pyridine rings is 1. The molecule has 2 unspecified atom stereocenters. The van der Waals surface area contributed by atoms with Crippen LogP contribution in [0.2, 0.25) is 0 Å². The van der Waals surface area contributed by atoms with E-state index >= 15 is 0 Å². The van der Waals surface area contributed by atoms with Crippen LogP contribution in [-0.2, 0) is 17.7 Å². The van der Waals surface area contributed by atoms with Gasteiger partial charge in [-0.2, -0.15) is 0 Å². The third kappa shape index (κ3) is 9.28. The van der Waals surface area contributed by atoms with Crippen LogP contribution in [0, 0.1) is 6.92 Å². The Hall–Kier alpha value is -5.30. The number of nitrogens with zero attached hydrogens (tertiary/aromatic N) is 5. The van der Waals surface area contributed by atoms with Crippen LogP contribution < -0.4 is 15.4 Å². The van der Waals surface area contributed by atoms with Gasteiger partial charge in [-0.1, -0.05) is 42.5 Å². The van der Waals surface area contributed by atoms with Gasteiger partial charge in [0.15, 0.2) is 0 Å². The van der Waals surface area contributed by atoms with Crippen molar-refractivity contribution in [2.24, 2.45) is 0 Å². The average molecular weight is 710 g/mol. The van der Waals surface area contributed by atoms with E-state index in [1.807, 2.05) is 71.8 Å². The van der Waals surface area contributed by atoms with E-state index in [0.717, 1.165) is 40.4 Å². The number of rotatable bonds is 12. The minimum atomic E-state index is -0.688. The van der Waals surface area contributed by atoms with Crippen molar-refractivity contribution < 1.29 is 23.5 Å². The number of carbonyl (C=O) groups excluding carboxylic acids is 2. The number of nitrogens with one attached hydrogen (secondary N) is 2. The number of likely N-dealkylation sites (tertiary alicyclic amines) is 1. The van der Waals surface area contributed by atoms with E-state index in [-0.39, 0.29) is 23.7 Å². The molecule has 0 radical (unpaired) electrons. The highest BCUT2D eigenvalue weighted by molar-refractivity contribution is 7.09. The number of aromatic nitrogens is 4. The summed E-state index contributed by atoms with van der Waals surface area (Å²) < 4.78 is 17.1. The molecular formula is C38H43N7O5S. The van der Waals surface area contributed by atoms with Crippen LogP contribution in [0.5, 0.6) is 5.75 Å². The minimum Gasteiger partial charge on any atom is -0.497 e. The molecule has 13 heteroatoms. The molecule has 3 aromatic heterocycles. The Labute approximate surface area is 301 Å². The largest absolute Gasteiger partial charge is 0.497 e. The molecule has 0 aliphatic carbocycles. The fourth-order valence-electron chi connectivity index (χ4n) is 5.89. The fraction of sp³-hybridized carbons (Fsp3) is 0.368. The summed E-state index contributed by atoms with van der Waals surface area (Å²) in [6, 6.07) is 20.4. The van der Waals surface area contributed by atoms with Gasteiger partial charge in [0, 0.05) is 29.7 Å². The van der Waals surface area contributed by atoms with E-state index in [9.17, 15) is 9.59 Å². The summed E-state index contributed by atoms with van der Waals surface area (Å²) in [5.74, 6) is 1.43. The van der Waals surface area contributed by atoms with E-state index in [1.54, 1.807) is 51.4 Å². The fourth-order valence-corrected chi connectivity index (χ4v) is 6.83. The molecule has 0 spiro atoms. The van der Waals surface area contributed by atoms with Gasteiger partial charge in [-0.25, -0.2) is 14.8 Å². The maximum Gasteiger partial charge on any atom is 0.408 e. The first-order valence-corrected chi connectivity index (χ1v) is 17.9. The monoisotopic (exact) mass is 709 g/mol. The molecule has 6 rings (SSSR count). The lowest BCUT2D eigenvalue weighted by molar-refractivity contribution is 0.0492. The first kappa shape index (κ1) is 35.5. The van der Waals surface area contributed by atoms with Crippen molar-refractivity contribution in [3.05, 3.63) is 105 Å². The summed E-state index contributed by atoms with van der Waals surface area (Å²) in [7, 11) is 1.63. The molecule has 2 atom stereocenters. The van der Waals surface area contributed by atoms with Crippen LogP contribution >= 0.6 is 11.3 Å². The lowest BCUT2D eigenvalue weighted by Crippen LogP contribution is -2.35. The Kier molecular flexibility index (Phi) is 10.9. The number of anilines is 1. The molecule has 1 aliphatic rings. The molecule has 266 valence electrons. The molecule has 0 saturated carbocycles. The number of hydrogen-bond donors (Lipinski definition) is 2. The summed E-state index contributed by atoms with van der Waals surface area (Å²) >= 11 is 1.58. The zero-order chi connectivity index (χ0) is 36.0. The Balaban J connectivity index is 1.30. The van der Waals surface area contributed by atoms with Crippen molar-refractivity contribution >= 4 is 29.2 Å². The van der Waals surface area contributed by atoms with Crippen LogP contribution in [0.15, 0.2) is 76.5 Å². The number of carbonyl (C=O) groups is 2. The normalized spacial score (nSPS) is 15.0. The van der Waals surface area contributed by atoms with Gasteiger partial charge in [-0.15, -0.1) is 21.5 Å². The van der Waals surface area contributed by atoms with Crippen molar-refractivity contribution in [2.75, 3.05) is 19.0 Å². The Morgan fingerprint density at radius 1 is 1.04 bits per heavy atom. The van der Waals surface area contributed by atoms with Crippen LogP contribution in [0.4, 0.5) is 10.6 Å². The van der Waals surface area contributed by atoms with Crippen molar-refractivity contribution in [3.63, 3.8) is 0 Å². The first-order valence-electron chi connectivity index (χ1n) is 17.0. The van der Waals surface area contributed by atoms with Crippen LogP contribution in [0.1, 0.15) is 90.2 Å². The second-order valence-electron chi connectivity index (χ2n) is 13.5. The Morgan fingerprint density at radius 3 is 2.53 bits per heavy atom. The molecule has 51 heavy (non-hydrogen) atoms. The molecule has 1 saturated heterocycles. The number of methoxy groups -OCH3 is 1. The average Bonchev–Trinajstić information content (AvgIpc) is 3.90. The van der Waals surface area contributed by atoms with Gasteiger partial charge in [0.05, 0.1) is 13.2 Å². The zero-order valence-electron chi connectivity index (χ0n) is 29.5. The number of amides is 2. The van der Waals surface area contributed by atoms with Crippen LogP contribution in [-0.4, -0.2) is 56.3 Å². The SMILES string of the molecule is COc1ccc(CNc2cc(C(=O)N3CCCC3c3nc(C)cs3)cc(-c3nnc(C(CCc4ccccc4)NC(=O)OC(C)(C)C)o3)n2)cc1. The summed E-state index contributed by atoms with van der Waals surface area (Å²) in [5, 5.41) is 17.9. The molecule has 0 bridgehead atoms. The molecule has 2 aromatic carbocycles. The highest BCUT2D eigenvalue weighted by Gasteiger charge is 2.33. The van der Waals surface area contributed by atoms with Gasteiger partial charge >= 0.3 is 6.09 Å². The van der Waals surface area contributed by atoms with Gasteiger partial charge in [0.1, 0.15) is 33.9 Å². The number of alkyl carbamates (subject to hydrolysis) is 1. The molecule has 2 N–H and O–H groups in total. The zero-order valence-corrected chi connectivity index (χ0v) is 30.3. The number of ether oxygens (including phenoxy) is 2. The second kappa shape index (κ2) is 15.7. The maximum absolute atomic E-state index is 14.2. The molecular weight excluding hydrogens is 667 g/mol. The number of thiazole rings is 1. The standard InChI is InChI=1S/C38H43N7O5S/c1-24-23-51-35(40-24)31-12-9-19-45(31)36(46)27-20-30(41-32(21-27)39-22-26-13-16-28(48-5)17-14-26)34-44-43-33(49-34)29(42-37(47)50-38(2,3)4)18-15-25-10-7-6-8-11-25/h6-8,10-11,13-14,16-17,20-21,23,29,31H,9,12,15,18-19,22H2,1-5H3,(H,39,41)(H,42,47). The molecule has 2 amide bonds. The van der Waals surface area contributed by atoms with Gasteiger partial charge in [-0.3, -0.25) is 4.79 Å². The number of aryl methyl sites for hydroxylation is 2. The number of hydrogen-bond acceptors (Lipinski definition) is 11.